The first-order valence-corrected chi connectivity index (χ1v) is 6.37. The Morgan fingerprint density at radius 3 is 2.69 bits per heavy atom. The average molecular weight is 259 g/mol. The summed E-state index contributed by atoms with van der Waals surface area (Å²) in [7, 11) is 0. The Bertz CT molecular complexity index is 336. The van der Waals surface area contributed by atoms with Gasteiger partial charge in [-0.05, 0) is 52.1 Å². The number of rotatable bonds is 1. The van der Waals surface area contributed by atoms with E-state index in [1.54, 1.807) is 11.3 Å². The maximum absolute atomic E-state index is 10.4. The van der Waals surface area contributed by atoms with Gasteiger partial charge in [-0.3, -0.25) is 0 Å². The molecule has 1 aromatic rings. The van der Waals surface area contributed by atoms with E-state index in [-0.39, 0.29) is 0 Å². The van der Waals surface area contributed by atoms with Crippen molar-refractivity contribution >= 4 is 27.3 Å². The van der Waals surface area contributed by atoms with E-state index in [1.165, 1.54) is 19.3 Å². The van der Waals surface area contributed by atoms with Gasteiger partial charge in [-0.15, -0.1) is 11.3 Å². The summed E-state index contributed by atoms with van der Waals surface area (Å²) < 4.78 is 1.09. The lowest BCUT2D eigenvalue weighted by atomic mass is 10.1. The second kappa shape index (κ2) is 2.59. The van der Waals surface area contributed by atoms with Gasteiger partial charge in [-0.1, -0.05) is 6.42 Å². The van der Waals surface area contributed by atoms with Gasteiger partial charge in [0, 0.05) is 4.47 Å². The normalized spacial score (nSPS) is 42.0. The third-order valence-electron chi connectivity index (χ3n) is 3.52. The fourth-order valence-corrected chi connectivity index (χ4v) is 4.76. The first kappa shape index (κ1) is 8.45. The topological polar surface area (TPSA) is 20.2 Å². The highest BCUT2D eigenvalue weighted by molar-refractivity contribution is 9.10. The van der Waals surface area contributed by atoms with Crippen LogP contribution in [0.5, 0.6) is 0 Å². The molecule has 2 unspecified atom stereocenters. The molecule has 3 heteroatoms. The first-order chi connectivity index (χ1) is 6.24. The minimum absolute atomic E-state index is 0.453. The fraction of sp³-hybridized carbons (Fsp3) is 0.600. The minimum Gasteiger partial charge on any atom is -0.384 e. The summed E-state index contributed by atoms with van der Waals surface area (Å²) in [4.78, 5) is 1.15. The van der Waals surface area contributed by atoms with E-state index in [1.807, 2.05) is 11.4 Å². The van der Waals surface area contributed by atoms with E-state index >= 15 is 0 Å². The molecule has 2 aliphatic rings. The van der Waals surface area contributed by atoms with Gasteiger partial charge in [0.2, 0.25) is 0 Å². The number of hydrogen-bond donors (Lipinski definition) is 1. The molecule has 1 aromatic heterocycles. The van der Waals surface area contributed by atoms with Crippen molar-refractivity contribution in [1.29, 1.82) is 0 Å². The predicted molar refractivity (Wildman–Crippen MR) is 56.7 cm³/mol. The van der Waals surface area contributed by atoms with Gasteiger partial charge in [0.05, 0.1) is 4.88 Å². The van der Waals surface area contributed by atoms with Crippen molar-refractivity contribution in [2.24, 2.45) is 11.8 Å². The van der Waals surface area contributed by atoms with Crippen LogP contribution in [0.15, 0.2) is 15.9 Å². The van der Waals surface area contributed by atoms with Gasteiger partial charge < -0.3 is 5.11 Å². The van der Waals surface area contributed by atoms with Gasteiger partial charge in [0.1, 0.15) is 5.60 Å². The summed E-state index contributed by atoms with van der Waals surface area (Å²) in [5.74, 6) is 1.12. The molecule has 3 rings (SSSR count). The molecule has 0 bridgehead atoms. The zero-order chi connectivity index (χ0) is 9.05. The average Bonchev–Trinajstić information content (AvgIpc) is 2.61. The van der Waals surface area contributed by atoms with Crippen LogP contribution in [0.2, 0.25) is 0 Å². The zero-order valence-electron chi connectivity index (χ0n) is 7.16. The smallest absolute Gasteiger partial charge is 0.106 e. The van der Waals surface area contributed by atoms with Crippen molar-refractivity contribution in [3.05, 3.63) is 20.8 Å². The van der Waals surface area contributed by atoms with Crippen molar-refractivity contribution in [1.82, 2.24) is 0 Å². The maximum atomic E-state index is 10.4. The second-order valence-electron chi connectivity index (χ2n) is 4.07. The molecule has 1 heterocycles. The molecule has 2 fully saturated rings. The van der Waals surface area contributed by atoms with Crippen LogP contribution >= 0.6 is 27.3 Å². The van der Waals surface area contributed by atoms with Crippen LogP contribution in [0.1, 0.15) is 24.1 Å². The largest absolute Gasteiger partial charge is 0.384 e. The number of hydrogen-bond acceptors (Lipinski definition) is 2. The van der Waals surface area contributed by atoms with Crippen LogP contribution < -0.4 is 0 Å². The van der Waals surface area contributed by atoms with E-state index in [0.717, 1.165) is 9.35 Å². The number of fused-ring (bicyclic) bond motifs is 1. The van der Waals surface area contributed by atoms with Crippen LogP contribution in [0, 0.1) is 11.8 Å². The molecular formula is C10H11BrOS. The summed E-state index contributed by atoms with van der Waals surface area (Å²) in [5.41, 5.74) is -0.453. The molecule has 2 atom stereocenters. The lowest BCUT2D eigenvalue weighted by Crippen LogP contribution is -2.11. The van der Waals surface area contributed by atoms with Gasteiger partial charge >= 0.3 is 0 Å². The lowest BCUT2D eigenvalue weighted by molar-refractivity contribution is 0.108. The molecule has 0 radical (unpaired) electrons. The Labute approximate surface area is 89.9 Å². The van der Waals surface area contributed by atoms with Gasteiger partial charge in [0.15, 0.2) is 0 Å². The zero-order valence-corrected chi connectivity index (χ0v) is 9.57. The molecule has 2 aliphatic carbocycles. The summed E-state index contributed by atoms with van der Waals surface area (Å²) >= 11 is 5.18. The molecule has 1 nitrogen and oxygen atoms in total. The Morgan fingerprint density at radius 1 is 1.46 bits per heavy atom. The second-order valence-corrected chi connectivity index (χ2v) is 5.84. The molecule has 13 heavy (non-hydrogen) atoms. The number of thiophene rings is 1. The summed E-state index contributed by atoms with van der Waals surface area (Å²) in [6, 6.07) is 2.03. The van der Waals surface area contributed by atoms with Crippen molar-refractivity contribution in [2.45, 2.75) is 24.9 Å². The van der Waals surface area contributed by atoms with E-state index in [0.29, 0.717) is 11.8 Å². The van der Waals surface area contributed by atoms with Crippen molar-refractivity contribution in [3.63, 3.8) is 0 Å². The Hall–Kier alpha value is 0.140. The minimum atomic E-state index is -0.453. The molecular weight excluding hydrogens is 248 g/mol. The van der Waals surface area contributed by atoms with Crippen LogP contribution in [0.25, 0.3) is 0 Å². The summed E-state index contributed by atoms with van der Waals surface area (Å²) in [6.07, 6.45) is 3.73. The highest BCUT2D eigenvalue weighted by atomic mass is 79.9. The van der Waals surface area contributed by atoms with Gasteiger partial charge in [0.25, 0.3) is 0 Å². The van der Waals surface area contributed by atoms with E-state index < -0.39 is 5.60 Å². The van der Waals surface area contributed by atoms with Gasteiger partial charge in [-0.2, -0.15) is 0 Å². The standard InChI is InChI=1S/C10H11BrOS/c11-8-4-5-13-9(8)10(12)6-2-1-3-7(6)10/h4-7,12H,1-3H2. The van der Waals surface area contributed by atoms with E-state index in [4.69, 9.17) is 0 Å². The molecule has 2 saturated carbocycles. The third kappa shape index (κ3) is 0.956. The Kier molecular flexibility index (Phi) is 1.68. The Balaban J connectivity index is 1.99. The lowest BCUT2D eigenvalue weighted by Gasteiger charge is -2.12. The van der Waals surface area contributed by atoms with Gasteiger partial charge in [-0.25, -0.2) is 0 Å². The fourth-order valence-electron chi connectivity index (χ4n) is 2.84. The van der Waals surface area contributed by atoms with Crippen molar-refractivity contribution < 1.29 is 5.11 Å². The van der Waals surface area contributed by atoms with Crippen LogP contribution in [0.3, 0.4) is 0 Å². The van der Waals surface area contributed by atoms with Crippen LogP contribution in [-0.2, 0) is 5.60 Å². The highest BCUT2D eigenvalue weighted by Crippen LogP contribution is 2.67. The molecule has 0 aromatic carbocycles. The molecule has 0 saturated heterocycles. The SMILES string of the molecule is OC1(c2sccc2Br)C2CCCC21. The van der Waals surface area contributed by atoms with Crippen molar-refractivity contribution in [2.75, 3.05) is 0 Å². The van der Waals surface area contributed by atoms with Crippen molar-refractivity contribution in [3.8, 4) is 0 Å². The van der Waals surface area contributed by atoms with Crippen LogP contribution in [-0.4, -0.2) is 5.11 Å². The number of aliphatic hydroxyl groups is 1. The molecule has 0 amide bonds. The predicted octanol–water partition coefficient (Wildman–Crippen LogP) is 3.13. The number of halogens is 1. The van der Waals surface area contributed by atoms with E-state index in [9.17, 15) is 5.11 Å². The summed E-state index contributed by atoms with van der Waals surface area (Å²) in [6.45, 7) is 0. The molecule has 0 spiro atoms. The first-order valence-electron chi connectivity index (χ1n) is 4.70. The molecule has 70 valence electrons. The maximum Gasteiger partial charge on any atom is 0.106 e. The van der Waals surface area contributed by atoms with Crippen LogP contribution in [0.4, 0.5) is 0 Å². The monoisotopic (exact) mass is 258 g/mol. The quantitative estimate of drug-likeness (QED) is 0.821. The summed E-state index contributed by atoms with van der Waals surface area (Å²) in [5, 5.41) is 12.5. The van der Waals surface area contributed by atoms with E-state index in [2.05, 4.69) is 15.9 Å². The molecule has 1 N–H and O–H groups in total. The molecule has 0 aliphatic heterocycles. The highest BCUT2D eigenvalue weighted by Gasteiger charge is 2.67. The Morgan fingerprint density at radius 2 is 2.15 bits per heavy atom. The third-order valence-corrected chi connectivity index (χ3v) is 5.50.